The Kier molecular flexibility index (Phi) is 8.73. The van der Waals surface area contributed by atoms with Crippen molar-refractivity contribution < 1.29 is 0 Å². The molecule has 0 aliphatic rings. The molecule has 0 fully saturated rings. The average Bonchev–Trinajstić information content (AvgIpc) is 4.18. The van der Waals surface area contributed by atoms with Gasteiger partial charge in [0.05, 0.1) is 22.1 Å². The topological polar surface area (TPSA) is 9.86 Å². The highest BCUT2D eigenvalue weighted by Crippen LogP contribution is 2.47. The number of benzene rings is 11. The lowest BCUT2D eigenvalue weighted by atomic mass is 9.97. The van der Waals surface area contributed by atoms with Gasteiger partial charge in [0, 0.05) is 73.3 Å². The Balaban J connectivity index is 0.912. The fraction of sp³-hybridized carbons (Fsp3) is 0. The van der Waals surface area contributed by atoms with E-state index in [9.17, 15) is 0 Å². The monoisotopic (exact) mass is 924 g/mol. The van der Waals surface area contributed by atoms with Crippen LogP contribution in [-0.4, -0.2) is 9.13 Å². The summed E-state index contributed by atoms with van der Waals surface area (Å²) in [4.78, 5) is 0. The standard InChI is InChI=1S/C66H40N2S2/c1-3-17-41(18-4-1)47-27-15-35-61-63(47)53-31-13-29-49(65(53)69-61)43-21-11-23-45(37-43)67-57-33-9-7-25-51(57)55-39-56-52-26-8-10-34-58(52)68(60(56)40-59(55)67)46-24-12-22-44(38-46)50-30-14-32-54-64-48(42-19-5-2-6-20-42)28-16-36-62(64)70-66(50)54/h1-40H. The zero-order chi connectivity index (χ0) is 45.9. The van der Waals surface area contributed by atoms with Crippen molar-refractivity contribution in [2.75, 3.05) is 0 Å². The van der Waals surface area contributed by atoms with Crippen molar-refractivity contribution in [3.05, 3.63) is 243 Å². The normalized spacial score (nSPS) is 12.0. The molecule has 70 heavy (non-hydrogen) atoms. The van der Waals surface area contributed by atoms with Crippen molar-refractivity contribution >= 4 is 107 Å². The van der Waals surface area contributed by atoms with Crippen LogP contribution in [0.2, 0.25) is 0 Å². The number of hydrogen-bond acceptors (Lipinski definition) is 2. The van der Waals surface area contributed by atoms with Crippen LogP contribution < -0.4 is 0 Å². The van der Waals surface area contributed by atoms with Crippen molar-refractivity contribution in [2.24, 2.45) is 0 Å². The van der Waals surface area contributed by atoms with E-state index in [1.165, 1.54) is 128 Å². The molecule has 0 atom stereocenters. The molecule has 0 unspecified atom stereocenters. The van der Waals surface area contributed by atoms with Crippen LogP contribution in [0.1, 0.15) is 0 Å². The van der Waals surface area contributed by atoms with E-state index < -0.39 is 0 Å². The highest BCUT2D eigenvalue weighted by atomic mass is 32.1. The summed E-state index contributed by atoms with van der Waals surface area (Å²) < 4.78 is 10.2. The van der Waals surface area contributed by atoms with Crippen molar-refractivity contribution in [1.82, 2.24) is 9.13 Å². The zero-order valence-corrected chi connectivity index (χ0v) is 39.4. The van der Waals surface area contributed by atoms with Gasteiger partial charge < -0.3 is 9.13 Å². The fourth-order valence-electron chi connectivity index (χ4n) is 11.5. The molecule has 0 aliphatic carbocycles. The molecule has 0 aliphatic heterocycles. The summed E-state index contributed by atoms with van der Waals surface area (Å²) >= 11 is 3.79. The summed E-state index contributed by atoms with van der Waals surface area (Å²) in [7, 11) is 0. The number of rotatable bonds is 6. The van der Waals surface area contributed by atoms with Gasteiger partial charge in [-0.25, -0.2) is 0 Å². The van der Waals surface area contributed by atoms with Crippen LogP contribution in [0.5, 0.6) is 0 Å². The van der Waals surface area contributed by atoms with E-state index in [4.69, 9.17) is 0 Å². The first-order chi connectivity index (χ1) is 34.7. The van der Waals surface area contributed by atoms with Gasteiger partial charge in [0.1, 0.15) is 0 Å². The van der Waals surface area contributed by atoms with Crippen molar-refractivity contribution in [2.45, 2.75) is 0 Å². The van der Waals surface area contributed by atoms with Crippen LogP contribution in [0.15, 0.2) is 243 Å². The second kappa shape index (κ2) is 15.5. The number of para-hydroxylation sites is 2. The Hall–Kier alpha value is -8.54. The molecular weight excluding hydrogens is 885 g/mol. The van der Waals surface area contributed by atoms with Gasteiger partial charge >= 0.3 is 0 Å². The van der Waals surface area contributed by atoms with Gasteiger partial charge in [-0.1, -0.05) is 182 Å². The lowest BCUT2D eigenvalue weighted by Gasteiger charge is -2.13. The van der Waals surface area contributed by atoms with Crippen molar-refractivity contribution in [3.63, 3.8) is 0 Å². The first-order valence-electron chi connectivity index (χ1n) is 23.9. The van der Waals surface area contributed by atoms with E-state index in [-0.39, 0.29) is 0 Å². The van der Waals surface area contributed by atoms with Gasteiger partial charge in [0.25, 0.3) is 0 Å². The lowest BCUT2D eigenvalue weighted by molar-refractivity contribution is 1.17. The summed E-state index contributed by atoms with van der Waals surface area (Å²) in [6.07, 6.45) is 0. The van der Waals surface area contributed by atoms with E-state index >= 15 is 0 Å². The molecule has 0 saturated carbocycles. The molecule has 0 bridgehead atoms. The maximum atomic E-state index is 2.48. The van der Waals surface area contributed by atoms with Crippen molar-refractivity contribution in [1.29, 1.82) is 0 Å². The molecule has 4 aromatic heterocycles. The van der Waals surface area contributed by atoms with Crippen LogP contribution in [0.4, 0.5) is 0 Å². The fourth-order valence-corrected chi connectivity index (χ4v) is 14.0. The molecule has 326 valence electrons. The van der Waals surface area contributed by atoms with E-state index in [1.54, 1.807) is 0 Å². The summed E-state index contributed by atoms with van der Waals surface area (Å²) in [5.74, 6) is 0. The van der Waals surface area contributed by atoms with Gasteiger partial charge in [0.15, 0.2) is 0 Å². The maximum absolute atomic E-state index is 2.48. The third-order valence-corrected chi connectivity index (χ3v) is 16.9. The van der Waals surface area contributed by atoms with Crippen LogP contribution >= 0.6 is 22.7 Å². The minimum atomic E-state index is 1.14. The van der Waals surface area contributed by atoms with E-state index in [0.717, 1.165) is 11.4 Å². The van der Waals surface area contributed by atoms with Gasteiger partial charge in [-0.3, -0.25) is 0 Å². The Labute approximate surface area is 411 Å². The van der Waals surface area contributed by atoms with Gasteiger partial charge in [0.2, 0.25) is 0 Å². The molecular formula is C66H40N2S2. The van der Waals surface area contributed by atoms with Crippen LogP contribution in [0.25, 0.3) is 140 Å². The predicted molar refractivity (Wildman–Crippen MR) is 303 cm³/mol. The second-order valence-corrected chi connectivity index (χ2v) is 20.5. The first-order valence-corrected chi connectivity index (χ1v) is 25.5. The Bertz CT molecular complexity index is 4300. The Morgan fingerprint density at radius 1 is 0.243 bits per heavy atom. The highest BCUT2D eigenvalue weighted by molar-refractivity contribution is 7.27. The van der Waals surface area contributed by atoms with Crippen LogP contribution in [0.3, 0.4) is 0 Å². The summed E-state index contributed by atoms with van der Waals surface area (Å²) in [5.41, 5.74) is 17.0. The smallest absolute Gasteiger partial charge is 0.0562 e. The molecule has 0 amide bonds. The maximum Gasteiger partial charge on any atom is 0.0562 e. The molecule has 2 nitrogen and oxygen atoms in total. The summed E-state index contributed by atoms with van der Waals surface area (Å²) in [6.45, 7) is 0. The molecule has 0 saturated heterocycles. The Morgan fingerprint density at radius 2 is 0.629 bits per heavy atom. The molecule has 4 heteroatoms. The minimum absolute atomic E-state index is 1.14. The molecule has 0 N–H and O–H groups in total. The summed E-state index contributed by atoms with van der Waals surface area (Å²) in [5, 5.41) is 10.2. The first kappa shape index (κ1) is 39.5. The second-order valence-electron chi connectivity index (χ2n) is 18.4. The molecule has 4 heterocycles. The lowest BCUT2D eigenvalue weighted by Crippen LogP contribution is -1.96. The molecule has 15 aromatic rings. The largest absolute Gasteiger partial charge is 0.309 e. The quantitative estimate of drug-likeness (QED) is 0.157. The van der Waals surface area contributed by atoms with Gasteiger partial charge in [-0.15, -0.1) is 22.7 Å². The zero-order valence-electron chi connectivity index (χ0n) is 37.8. The number of hydrogen-bond donors (Lipinski definition) is 0. The third kappa shape index (κ3) is 5.91. The number of fused-ring (bicyclic) bond motifs is 12. The number of nitrogens with zero attached hydrogens (tertiary/aromatic N) is 2. The number of thiophene rings is 2. The molecule has 11 aromatic carbocycles. The minimum Gasteiger partial charge on any atom is -0.309 e. The van der Waals surface area contributed by atoms with E-state index in [0.29, 0.717) is 0 Å². The third-order valence-electron chi connectivity index (χ3n) is 14.5. The van der Waals surface area contributed by atoms with E-state index in [1.807, 2.05) is 22.7 Å². The summed E-state index contributed by atoms with van der Waals surface area (Å²) in [6, 6.07) is 89.7. The van der Waals surface area contributed by atoms with Crippen LogP contribution in [0, 0.1) is 0 Å². The molecule has 0 spiro atoms. The molecule has 15 rings (SSSR count). The van der Waals surface area contributed by atoms with Crippen LogP contribution in [-0.2, 0) is 0 Å². The SMILES string of the molecule is c1ccc(-c2cccc3sc4c(-c5cccc(-n6c7ccccc7c7cc8c9ccccc9n(-c9cccc(-c%10cccc%11c%10sc%10cccc(-c%12ccccc%12)c%10%11)c9)c8cc76)c5)cccc4c23)cc1. The van der Waals surface area contributed by atoms with E-state index in [2.05, 4.69) is 252 Å². The average molecular weight is 925 g/mol. The van der Waals surface area contributed by atoms with Gasteiger partial charge in [-0.05, 0) is 105 Å². The van der Waals surface area contributed by atoms with Crippen molar-refractivity contribution in [3.8, 4) is 55.9 Å². The number of aromatic nitrogens is 2. The predicted octanol–water partition coefficient (Wildman–Crippen LogP) is 19.3. The Morgan fingerprint density at radius 3 is 1.11 bits per heavy atom. The molecule has 0 radical (unpaired) electrons. The van der Waals surface area contributed by atoms with Gasteiger partial charge in [-0.2, -0.15) is 0 Å². The highest BCUT2D eigenvalue weighted by Gasteiger charge is 2.21.